The van der Waals surface area contributed by atoms with Gasteiger partial charge in [-0.25, -0.2) is 0 Å². The smallest absolute Gasteiger partial charge is 0.174 e. The van der Waals surface area contributed by atoms with Gasteiger partial charge in [-0.05, 0) is 67.9 Å². The van der Waals surface area contributed by atoms with Crippen molar-refractivity contribution in [3.05, 3.63) is 5.82 Å². The first-order chi connectivity index (χ1) is 9.55. The van der Waals surface area contributed by atoms with E-state index in [1.807, 2.05) is 4.80 Å². The first-order valence-electron chi connectivity index (χ1n) is 8.10. The molecule has 0 radical (unpaired) electrons. The molecular formula is C15H26ClN5. The standard InChI is InChI=1S/C15H25N5.ClH/c1-3-13-17-19-20(18-13)15-7-11-4-12(8-15)6-14(5-11,9-15)10(2)16;/h10-12H,3-9,16H2,1-2H3;1H. The Morgan fingerprint density at radius 1 is 1.29 bits per heavy atom. The minimum Gasteiger partial charge on any atom is -0.327 e. The Kier molecular flexibility index (Phi) is 3.56. The van der Waals surface area contributed by atoms with E-state index < -0.39 is 0 Å². The van der Waals surface area contributed by atoms with E-state index in [1.54, 1.807) is 0 Å². The van der Waals surface area contributed by atoms with E-state index in [4.69, 9.17) is 5.73 Å². The summed E-state index contributed by atoms with van der Waals surface area (Å²) in [7, 11) is 0. The number of aryl methyl sites for hydroxylation is 1. The molecule has 5 rings (SSSR count). The van der Waals surface area contributed by atoms with Crippen molar-refractivity contribution < 1.29 is 0 Å². The van der Waals surface area contributed by atoms with Crippen LogP contribution in [0, 0.1) is 17.3 Å². The van der Waals surface area contributed by atoms with E-state index in [-0.39, 0.29) is 24.0 Å². The fraction of sp³-hybridized carbons (Fsp3) is 0.933. The summed E-state index contributed by atoms with van der Waals surface area (Å²) in [5.41, 5.74) is 6.83. The summed E-state index contributed by atoms with van der Waals surface area (Å²) < 4.78 is 0. The van der Waals surface area contributed by atoms with Crippen LogP contribution in [-0.2, 0) is 12.0 Å². The van der Waals surface area contributed by atoms with Crippen LogP contribution in [0.4, 0.5) is 0 Å². The van der Waals surface area contributed by atoms with E-state index in [9.17, 15) is 0 Å². The number of tetrazole rings is 1. The third-order valence-electron chi connectivity index (χ3n) is 6.24. The van der Waals surface area contributed by atoms with Crippen molar-refractivity contribution in [2.45, 2.75) is 70.4 Å². The molecule has 4 saturated carbocycles. The van der Waals surface area contributed by atoms with Gasteiger partial charge in [-0.1, -0.05) is 6.92 Å². The van der Waals surface area contributed by atoms with Gasteiger partial charge < -0.3 is 5.73 Å². The quantitative estimate of drug-likeness (QED) is 0.930. The average molecular weight is 312 g/mol. The van der Waals surface area contributed by atoms with Crippen molar-refractivity contribution in [3.8, 4) is 0 Å². The van der Waals surface area contributed by atoms with Crippen molar-refractivity contribution in [1.82, 2.24) is 20.2 Å². The lowest BCUT2D eigenvalue weighted by atomic mass is 9.45. The van der Waals surface area contributed by atoms with Crippen LogP contribution < -0.4 is 5.73 Å². The zero-order chi connectivity index (χ0) is 14.0. The van der Waals surface area contributed by atoms with E-state index in [0.717, 1.165) is 30.5 Å². The van der Waals surface area contributed by atoms with Crippen LogP contribution in [0.15, 0.2) is 0 Å². The molecule has 0 spiro atoms. The Balaban J connectivity index is 0.00000132. The average Bonchev–Trinajstić information content (AvgIpc) is 2.86. The molecule has 1 aromatic rings. The van der Waals surface area contributed by atoms with Crippen molar-refractivity contribution >= 4 is 12.4 Å². The van der Waals surface area contributed by atoms with Gasteiger partial charge in [-0.2, -0.15) is 4.80 Å². The van der Waals surface area contributed by atoms with Crippen molar-refractivity contribution in [2.24, 2.45) is 23.0 Å². The van der Waals surface area contributed by atoms with Gasteiger partial charge in [0.2, 0.25) is 0 Å². The summed E-state index contributed by atoms with van der Waals surface area (Å²) in [6, 6.07) is 0.280. The molecule has 6 heteroatoms. The summed E-state index contributed by atoms with van der Waals surface area (Å²) in [4.78, 5) is 1.97. The molecule has 21 heavy (non-hydrogen) atoms. The lowest BCUT2D eigenvalue weighted by molar-refractivity contribution is -0.120. The maximum Gasteiger partial charge on any atom is 0.174 e. The fourth-order valence-electron chi connectivity index (χ4n) is 5.64. The van der Waals surface area contributed by atoms with E-state index in [2.05, 4.69) is 29.3 Å². The van der Waals surface area contributed by atoms with Gasteiger partial charge >= 0.3 is 0 Å². The number of hydrogen-bond acceptors (Lipinski definition) is 4. The molecule has 4 aliphatic carbocycles. The molecule has 0 saturated heterocycles. The molecule has 0 aliphatic heterocycles. The predicted molar refractivity (Wildman–Crippen MR) is 83.2 cm³/mol. The van der Waals surface area contributed by atoms with Crippen molar-refractivity contribution in [2.75, 3.05) is 0 Å². The van der Waals surface area contributed by atoms with Gasteiger partial charge in [0.1, 0.15) is 0 Å². The summed E-state index contributed by atoms with van der Waals surface area (Å²) in [5, 5.41) is 13.3. The van der Waals surface area contributed by atoms with Crippen molar-refractivity contribution in [3.63, 3.8) is 0 Å². The Hall–Kier alpha value is -0.680. The van der Waals surface area contributed by atoms with Gasteiger partial charge in [0.05, 0.1) is 5.54 Å². The molecule has 3 unspecified atom stereocenters. The summed E-state index contributed by atoms with van der Waals surface area (Å²) >= 11 is 0. The minimum atomic E-state index is 0. The number of nitrogens with zero attached hydrogens (tertiary/aromatic N) is 4. The molecule has 0 aromatic carbocycles. The minimum absolute atomic E-state index is 0. The van der Waals surface area contributed by atoms with Gasteiger partial charge in [0, 0.05) is 12.5 Å². The summed E-state index contributed by atoms with van der Waals surface area (Å²) in [5.74, 6) is 2.51. The van der Waals surface area contributed by atoms with Gasteiger partial charge in [0.15, 0.2) is 5.82 Å². The summed E-state index contributed by atoms with van der Waals surface area (Å²) in [6.07, 6.45) is 8.52. The van der Waals surface area contributed by atoms with E-state index in [0.29, 0.717) is 5.41 Å². The van der Waals surface area contributed by atoms with E-state index >= 15 is 0 Å². The molecule has 4 bridgehead atoms. The van der Waals surface area contributed by atoms with Gasteiger partial charge in [0.25, 0.3) is 0 Å². The number of hydrogen-bond donors (Lipinski definition) is 1. The van der Waals surface area contributed by atoms with Crippen molar-refractivity contribution in [1.29, 1.82) is 0 Å². The van der Waals surface area contributed by atoms with Crippen LogP contribution >= 0.6 is 12.4 Å². The molecule has 1 heterocycles. The molecule has 118 valence electrons. The van der Waals surface area contributed by atoms with Crippen LogP contribution in [0.5, 0.6) is 0 Å². The Bertz CT molecular complexity index is 512. The summed E-state index contributed by atoms with van der Waals surface area (Å²) in [6.45, 7) is 4.29. The topological polar surface area (TPSA) is 69.6 Å². The normalized spacial score (nSPS) is 41.9. The van der Waals surface area contributed by atoms with Gasteiger partial charge in [-0.3, -0.25) is 0 Å². The lowest BCUT2D eigenvalue weighted by Gasteiger charge is -2.62. The first kappa shape index (κ1) is 15.2. The second kappa shape index (κ2) is 4.92. The van der Waals surface area contributed by atoms with Crippen LogP contribution in [0.1, 0.15) is 58.2 Å². The number of nitrogens with two attached hydrogens (primary N) is 1. The highest BCUT2D eigenvalue weighted by molar-refractivity contribution is 5.85. The highest BCUT2D eigenvalue weighted by Gasteiger charge is 2.60. The third-order valence-corrected chi connectivity index (χ3v) is 6.24. The molecule has 5 nitrogen and oxygen atoms in total. The van der Waals surface area contributed by atoms with Gasteiger partial charge in [-0.15, -0.1) is 22.6 Å². The number of aromatic nitrogens is 4. The monoisotopic (exact) mass is 311 g/mol. The highest BCUT2D eigenvalue weighted by Crippen LogP contribution is 2.64. The number of halogens is 1. The second-order valence-electron chi connectivity index (χ2n) is 7.69. The Morgan fingerprint density at radius 2 is 1.95 bits per heavy atom. The molecular weight excluding hydrogens is 286 g/mol. The Morgan fingerprint density at radius 3 is 2.48 bits per heavy atom. The second-order valence-corrected chi connectivity index (χ2v) is 7.69. The van der Waals surface area contributed by atoms with E-state index in [1.165, 1.54) is 32.1 Å². The number of rotatable bonds is 3. The molecule has 2 N–H and O–H groups in total. The maximum absolute atomic E-state index is 6.39. The zero-order valence-corrected chi connectivity index (χ0v) is 13.8. The highest BCUT2D eigenvalue weighted by atomic mass is 35.5. The fourth-order valence-corrected chi connectivity index (χ4v) is 5.64. The SMILES string of the molecule is CCc1nnn(C23CC4CC(CC(C(C)N)(C4)C2)C3)n1.Cl. The van der Waals surface area contributed by atoms with Crippen LogP contribution in [0.3, 0.4) is 0 Å². The molecule has 3 atom stereocenters. The zero-order valence-electron chi connectivity index (χ0n) is 13.0. The van der Waals surface area contributed by atoms with Crippen LogP contribution in [0.2, 0.25) is 0 Å². The molecule has 1 aromatic heterocycles. The predicted octanol–water partition coefficient (Wildman–Crippen LogP) is 2.30. The Labute approximate surface area is 132 Å². The molecule has 0 amide bonds. The van der Waals surface area contributed by atoms with Crippen LogP contribution in [-0.4, -0.2) is 26.2 Å². The first-order valence-corrected chi connectivity index (χ1v) is 8.10. The third kappa shape index (κ3) is 2.12. The molecule has 4 fully saturated rings. The maximum atomic E-state index is 6.39. The van der Waals surface area contributed by atoms with Crippen LogP contribution in [0.25, 0.3) is 0 Å². The molecule has 4 aliphatic rings. The lowest BCUT2D eigenvalue weighted by Crippen LogP contribution is -2.61. The largest absolute Gasteiger partial charge is 0.327 e.